The number of rotatable bonds is 12. The Morgan fingerprint density at radius 3 is 2.58 bits per heavy atom. The van der Waals surface area contributed by atoms with Crippen LogP contribution in [-0.4, -0.2) is 42.8 Å². The number of thiophene rings is 1. The maximum atomic E-state index is 11.1. The molecular weight excluding hydrogens is 434 g/mol. The van der Waals surface area contributed by atoms with E-state index in [1.54, 1.807) is 18.4 Å². The molecule has 0 bridgehead atoms. The number of hydrogen-bond acceptors (Lipinski definition) is 5. The molecular formula is C27H31NO4S. The van der Waals surface area contributed by atoms with Gasteiger partial charge in [-0.25, -0.2) is 0 Å². The van der Waals surface area contributed by atoms with Crippen LogP contribution in [0.25, 0.3) is 10.4 Å². The summed E-state index contributed by atoms with van der Waals surface area (Å²) in [6.45, 7) is 2.54. The van der Waals surface area contributed by atoms with Gasteiger partial charge in [0.05, 0.1) is 19.6 Å². The monoisotopic (exact) mass is 465 g/mol. The number of methoxy groups -OCH3 is 1. The number of likely N-dealkylation sites (tertiary alicyclic amines) is 1. The van der Waals surface area contributed by atoms with E-state index in [1.807, 2.05) is 12.1 Å². The van der Waals surface area contributed by atoms with E-state index >= 15 is 0 Å². The van der Waals surface area contributed by atoms with Crippen molar-refractivity contribution >= 4 is 17.3 Å². The van der Waals surface area contributed by atoms with Gasteiger partial charge in [-0.3, -0.25) is 9.69 Å². The van der Waals surface area contributed by atoms with E-state index in [4.69, 9.17) is 14.6 Å². The maximum Gasteiger partial charge on any atom is 0.309 e. The largest absolute Gasteiger partial charge is 0.493 e. The topological polar surface area (TPSA) is 59.0 Å². The van der Waals surface area contributed by atoms with Gasteiger partial charge in [-0.2, -0.15) is 0 Å². The summed E-state index contributed by atoms with van der Waals surface area (Å²) in [6.07, 6.45) is 4.35. The Morgan fingerprint density at radius 1 is 1.06 bits per heavy atom. The van der Waals surface area contributed by atoms with Crippen LogP contribution in [0.4, 0.5) is 0 Å². The fourth-order valence-electron chi connectivity index (χ4n) is 4.21. The van der Waals surface area contributed by atoms with E-state index < -0.39 is 5.97 Å². The molecule has 6 heteroatoms. The normalized spacial score (nSPS) is 14.1. The predicted octanol–water partition coefficient (Wildman–Crippen LogP) is 5.73. The minimum Gasteiger partial charge on any atom is -0.493 e. The Hall–Kier alpha value is -2.83. The highest BCUT2D eigenvalue weighted by atomic mass is 32.1. The number of unbranched alkanes of at least 4 members (excludes halogenated alkanes) is 2. The molecule has 3 aromatic rings. The van der Waals surface area contributed by atoms with Gasteiger partial charge in [-0.15, -0.1) is 11.3 Å². The van der Waals surface area contributed by atoms with Gasteiger partial charge < -0.3 is 14.6 Å². The van der Waals surface area contributed by atoms with Crippen LogP contribution in [-0.2, 0) is 17.8 Å². The van der Waals surface area contributed by atoms with Gasteiger partial charge in [0.25, 0.3) is 0 Å². The Labute approximate surface area is 199 Å². The zero-order valence-electron chi connectivity index (χ0n) is 19.0. The average molecular weight is 466 g/mol. The Bertz CT molecular complexity index is 1030. The van der Waals surface area contributed by atoms with Gasteiger partial charge in [0.2, 0.25) is 0 Å². The molecule has 1 N–H and O–H groups in total. The van der Waals surface area contributed by atoms with E-state index in [1.165, 1.54) is 5.56 Å². The second-order valence-corrected chi connectivity index (χ2v) is 9.47. The number of carboxylic acid groups (broad SMARTS) is 1. The molecule has 0 saturated carbocycles. The lowest BCUT2D eigenvalue weighted by molar-refractivity contribution is -0.147. The lowest BCUT2D eigenvalue weighted by atomic mass is 9.98. The lowest BCUT2D eigenvalue weighted by Gasteiger charge is -2.36. The molecule has 0 aliphatic carbocycles. The SMILES string of the molecule is COc1cc(CN2CC(C(=O)O)C2)cc(-c2cccs2)c1OCCCCCc1ccccc1. The van der Waals surface area contributed by atoms with E-state index in [0.29, 0.717) is 26.2 Å². The molecule has 2 heterocycles. The molecule has 0 unspecified atom stereocenters. The number of carbonyl (C=O) groups is 1. The number of benzene rings is 2. The lowest BCUT2D eigenvalue weighted by Crippen LogP contribution is -2.49. The first-order valence-electron chi connectivity index (χ1n) is 11.5. The molecule has 0 spiro atoms. The molecule has 1 aromatic heterocycles. The summed E-state index contributed by atoms with van der Waals surface area (Å²) in [5.74, 6) is 0.554. The van der Waals surface area contributed by atoms with Crippen molar-refractivity contribution in [2.24, 2.45) is 5.92 Å². The van der Waals surface area contributed by atoms with Crippen molar-refractivity contribution in [1.29, 1.82) is 0 Å². The van der Waals surface area contributed by atoms with Crippen LogP contribution in [0, 0.1) is 5.92 Å². The Kier molecular flexibility index (Phi) is 8.02. The van der Waals surface area contributed by atoms with Gasteiger partial charge in [0.1, 0.15) is 0 Å². The first-order valence-corrected chi connectivity index (χ1v) is 12.4. The molecule has 0 radical (unpaired) electrons. The fraction of sp³-hybridized carbons (Fsp3) is 0.370. The molecule has 174 valence electrons. The predicted molar refractivity (Wildman–Crippen MR) is 132 cm³/mol. The number of ether oxygens (including phenoxy) is 2. The standard InChI is InChI=1S/C27H31NO4S/c1-31-24-16-21(17-28-18-22(19-28)27(29)30)15-23(25-12-8-14-33-25)26(24)32-13-7-3-6-11-20-9-4-2-5-10-20/h2,4-5,8-10,12,14-16,22H,3,6-7,11,13,17-19H2,1H3,(H,29,30). The third-order valence-electron chi connectivity index (χ3n) is 6.03. The van der Waals surface area contributed by atoms with E-state index in [9.17, 15) is 4.79 Å². The van der Waals surface area contributed by atoms with Crippen molar-refractivity contribution in [3.05, 3.63) is 71.1 Å². The van der Waals surface area contributed by atoms with Crippen LogP contribution in [0.2, 0.25) is 0 Å². The summed E-state index contributed by atoms with van der Waals surface area (Å²) in [7, 11) is 1.67. The smallest absolute Gasteiger partial charge is 0.309 e. The third-order valence-corrected chi connectivity index (χ3v) is 6.94. The van der Waals surface area contributed by atoms with E-state index in [-0.39, 0.29) is 5.92 Å². The highest BCUT2D eigenvalue weighted by Gasteiger charge is 2.32. The average Bonchev–Trinajstić information content (AvgIpc) is 3.33. The highest BCUT2D eigenvalue weighted by molar-refractivity contribution is 7.13. The van der Waals surface area contributed by atoms with Gasteiger partial charge >= 0.3 is 5.97 Å². The number of aliphatic carboxylic acids is 1. The Morgan fingerprint density at radius 2 is 1.88 bits per heavy atom. The number of carboxylic acids is 1. The molecule has 1 saturated heterocycles. The number of nitrogens with zero attached hydrogens (tertiary/aromatic N) is 1. The molecule has 0 amide bonds. The van der Waals surface area contributed by atoms with Crippen molar-refractivity contribution in [3.8, 4) is 21.9 Å². The molecule has 0 atom stereocenters. The maximum absolute atomic E-state index is 11.1. The second kappa shape index (κ2) is 11.3. The van der Waals surface area contributed by atoms with Crippen molar-refractivity contribution < 1.29 is 19.4 Å². The van der Waals surface area contributed by atoms with Crippen molar-refractivity contribution in [1.82, 2.24) is 4.90 Å². The van der Waals surface area contributed by atoms with Gasteiger partial charge in [-0.1, -0.05) is 36.4 Å². The fourth-order valence-corrected chi connectivity index (χ4v) is 4.95. The molecule has 5 nitrogen and oxygen atoms in total. The summed E-state index contributed by atoms with van der Waals surface area (Å²) in [5.41, 5.74) is 3.53. The molecule has 2 aromatic carbocycles. The molecule has 1 fully saturated rings. The second-order valence-electron chi connectivity index (χ2n) is 8.53. The van der Waals surface area contributed by atoms with Crippen molar-refractivity contribution in [2.75, 3.05) is 26.8 Å². The van der Waals surface area contributed by atoms with Crippen LogP contribution in [0.3, 0.4) is 0 Å². The Balaban J connectivity index is 1.39. The summed E-state index contributed by atoms with van der Waals surface area (Å²) in [4.78, 5) is 14.4. The first-order chi connectivity index (χ1) is 16.1. The third kappa shape index (κ3) is 6.15. The van der Waals surface area contributed by atoms with Crippen LogP contribution in [0.1, 0.15) is 30.4 Å². The van der Waals surface area contributed by atoms with E-state index in [0.717, 1.165) is 53.2 Å². The summed E-state index contributed by atoms with van der Waals surface area (Å²) < 4.78 is 12.0. The number of hydrogen-bond donors (Lipinski definition) is 1. The van der Waals surface area contributed by atoms with Crippen LogP contribution in [0.15, 0.2) is 60.0 Å². The first kappa shape index (κ1) is 23.3. The summed E-state index contributed by atoms with van der Waals surface area (Å²) in [5, 5.41) is 11.2. The number of aryl methyl sites for hydroxylation is 1. The van der Waals surface area contributed by atoms with Crippen LogP contribution >= 0.6 is 11.3 Å². The minimum atomic E-state index is -0.712. The van der Waals surface area contributed by atoms with Gasteiger partial charge in [0, 0.05) is 30.1 Å². The zero-order chi connectivity index (χ0) is 23.0. The molecule has 1 aliphatic heterocycles. The zero-order valence-corrected chi connectivity index (χ0v) is 19.9. The molecule has 4 rings (SSSR count). The minimum absolute atomic E-state index is 0.256. The van der Waals surface area contributed by atoms with Crippen molar-refractivity contribution in [2.45, 2.75) is 32.2 Å². The van der Waals surface area contributed by atoms with Crippen LogP contribution in [0.5, 0.6) is 11.5 Å². The molecule has 33 heavy (non-hydrogen) atoms. The highest BCUT2D eigenvalue weighted by Crippen LogP contribution is 2.42. The van der Waals surface area contributed by atoms with Crippen molar-refractivity contribution in [3.63, 3.8) is 0 Å². The van der Waals surface area contributed by atoms with Gasteiger partial charge in [0.15, 0.2) is 11.5 Å². The van der Waals surface area contributed by atoms with E-state index in [2.05, 4.69) is 52.7 Å². The quantitative estimate of drug-likeness (QED) is 0.346. The van der Waals surface area contributed by atoms with Crippen LogP contribution < -0.4 is 9.47 Å². The summed E-state index contributed by atoms with van der Waals surface area (Å²) >= 11 is 1.68. The molecule has 1 aliphatic rings. The van der Waals surface area contributed by atoms with Gasteiger partial charge in [-0.05, 0) is 60.4 Å². The summed E-state index contributed by atoms with van der Waals surface area (Å²) in [6, 6.07) is 18.9.